The zero-order chi connectivity index (χ0) is 17.1. The molecule has 4 rings (SSSR count). The van der Waals surface area contributed by atoms with Gasteiger partial charge in [0.15, 0.2) is 0 Å². The number of hydrogen-bond donors (Lipinski definition) is 1. The lowest BCUT2D eigenvalue weighted by atomic mass is 9.49. The second-order valence-corrected chi connectivity index (χ2v) is 9.23. The van der Waals surface area contributed by atoms with Gasteiger partial charge in [0.05, 0.1) is 6.10 Å². The van der Waals surface area contributed by atoms with E-state index in [0.717, 1.165) is 43.4 Å². The number of esters is 1. The van der Waals surface area contributed by atoms with Crippen LogP contribution in [-0.4, -0.2) is 23.3 Å². The van der Waals surface area contributed by atoms with Crippen LogP contribution in [0.5, 0.6) is 0 Å². The van der Waals surface area contributed by atoms with E-state index >= 15 is 0 Å². The van der Waals surface area contributed by atoms with Crippen LogP contribution >= 0.6 is 0 Å². The molecule has 3 nitrogen and oxygen atoms in total. The zero-order valence-electron chi connectivity index (χ0n) is 15.3. The summed E-state index contributed by atoms with van der Waals surface area (Å²) in [5, 5.41) is 10.4. The van der Waals surface area contributed by atoms with Crippen LogP contribution in [0.15, 0.2) is 11.6 Å². The molecule has 0 aromatic carbocycles. The lowest BCUT2D eigenvalue weighted by molar-refractivity contribution is -0.148. The predicted octanol–water partition coefficient (Wildman–Crippen LogP) is 4.10. The van der Waals surface area contributed by atoms with Gasteiger partial charge in [0.25, 0.3) is 0 Å². The van der Waals surface area contributed by atoms with Crippen LogP contribution in [0, 0.1) is 35.0 Å². The number of allylic oxidation sites excluding steroid dienone is 1. The molecule has 4 unspecified atom stereocenters. The van der Waals surface area contributed by atoms with Crippen molar-refractivity contribution in [3.8, 4) is 0 Å². The van der Waals surface area contributed by atoms with E-state index in [4.69, 9.17) is 4.74 Å². The Hall–Kier alpha value is -0.830. The Morgan fingerprint density at radius 3 is 2.83 bits per heavy atom. The molecule has 0 heterocycles. The molecule has 134 valence electrons. The Labute approximate surface area is 145 Å². The highest BCUT2D eigenvalue weighted by molar-refractivity contribution is 5.66. The summed E-state index contributed by atoms with van der Waals surface area (Å²) in [5.41, 5.74) is 1.83. The molecule has 0 saturated heterocycles. The minimum absolute atomic E-state index is 0.0659. The Morgan fingerprint density at radius 2 is 2.08 bits per heavy atom. The molecular formula is C21H32O3. The second kappa shape index (κ2) is 5.86. The summed E-state index contributed by atoms with van der Waals surface area (Å²) >= 11 is 0. The number of carbonyl (C=O) groups is 1. The van der Waals surface area contributed by atoms with E-state index in [1.54, 1.807) is 5.57 Å². The van der Waals surface area contributed by atoms with E-state index in [1.165, 1.54) is 26.2 Å². The molecule has 1 N–H and O–H groups in total. The van der Waals surface area contributed by atoms with E-state index in [1.807, 2.05) is 0 Å². The maximum atomic E-state index is 11.3. The van der Waals surface area contributed by atoms with Crippen LogP contribution in [-0.2, 0) is 9.53 Å². The summed E-state index contributed by atoms with van der Waals surface area (Å²) < 4.78 is 5.51. The van der Waals surface area contributed by atoms with Crippen LogP contribution in [0.25, 0.3) is 0 Å². The van der Waals surface area contributed by atoms with Gasteiger partial charge in [0.1, 0.15) is 6.10 Å². The summed E-state index contributed by atoms with van der Waals surface area (Å²) in [6, 6.07) is 0. The highest BCUT2D eigenvalue weighted by atomic mass is 16.5. The van der Waals surface area contributed by atoms with Crippen molar-refractivity contribution in [2.75, 3.05) is 0 Å². The summed E-state index contributed by atoms with van der Waals surface area (Å²) in [6.07, 6.45) is 10.2. The number of fused-ring (bicyclic) bond motifs is 5. The van der Waals surface area contributed by atoms with Crippen LogP contribution < -0.4 is 0 Å². The fraction of sp³-hybridized carbons (Fsp3) is 0.857. The maximum Gasteiger partial charge on any atom is 0.302 e. The Morgan fingerprint density at radius 1 is 1.29 bits per heavy atom. The van der Waals surface area contributed by atoms with E-state index in [9.17, 15) is 9.90 Å². The van der Waals surface area contributed by atoms with Gasteiger partial charge in [0.2, 0.25) is 0 Å². The van der Waals surface area contributed by atoms with Gasteiger partial charge >= 0.3 is 5.97 Å². The number of hydrogen-bond acceptors (Lipinski definition) is 3. The van der Waals surface area contributed by atoms with Crippen LogP contribution in [0.3, 0.4) is 0 Å². The summed E-state index contributed by atoms with van der Waals surface area (Å²) in [6.45, 7) is 6.36. The van der Waals surface area contributed by atoms with Crippen molar-refractivity contribution >= 4 is 5.97 Å². The summed E-state index contributed by atoms with van der Waals surface area (Å²) in [5.74, 6) is 3.24. The minimum atomic E-state index is -0.146. The fourth-order valence-electron chi connectivity index (χ4n) is 6.99. The zero-order valence-corrected chi connectivity index (χ0v) is 15.3. The second-order valence-electron chi connectivity index (χ2n) is 9.23. The lowest BCUT2D eigenvalue weighted by Crippen LogP contribution is -2.50. The maximum absolute atomic E-state index is 11.3. The van der Waals surface area contributed by atoms with E-state index in [-0.39, 0.29) is 23.6 Å². The van der Waals surface area contributed by atoms with Crippen molar-refractivity contribution in [1.82, 2.24) is 0 Å². The first-order chi connectivity index (χ1) is 11.4. The molecule has 0 amide bonds. The highest BCUT2D eigenvalue weighted by Crippen LogP contribution is 2.62. The molecule has 0 radical (unpaired) electrons. The van der Waals surface area contributed by atoms with E-state index in [2.05, 4.69) is 19.9 Å². The third kappa shape index (κ3) is 2.46. The number of aliphatic hydroxyl groups is 1. The number of aliphatic hydroxyl groups excluding tert-OH is 1. The molecule has 4 aliphatic carbocycles. The normalized spacial score (nSPS) is 50.3. The van der Waals surface area contributed by atoms with Gasteiger partial charge in [-0.2, -0.15) is 0 Å². The van der Waals surface area contributed by atoms with Gasteiger partial charge < -0.3 is 9.84 Å². The summed E-state index contributed by atoms with van der Waals surface area (Å²) in [4.78, 5) is 11.3. The highest BCUT2D eigenvalue weighted by Gasteiger charge is 2.56. The number of rotatable bonds is 1. The van der Waals surface area contributed by atoms with Gasteiger partial charge in [-0.1, -0.05) is 25.5 Å². The van der Waals surface area contributed by atoms with Crippen molar-refractivity contribution in [2.45, 2.75) is 77.9 Å². The smallest absolute Gasteiger partial charge is 0.302 e. The largest absolute Gasteiger partial charge is 0.462 e. The van der Waals surface area contributed by atoms with Gasteiger partial charge in [-0.05, 0) is 73.5 Å². The summed E-state index contributed by atoms with van der Waals surface area (Å²) in [7, 11) is 0. The predicted molar refractivity (Wildman–Crippen MR) is 93.2 cm³/mol. The average molecular weight is 332 g/mol. The molecule has 3 saturated carbocycles. The molecule has 24 heavy (non-hydrogen) atoms. The number of carbonyl (C=O) groups excluding carboxylic acids is 1. The number of ether oxygens (including phenoxy) is 1. The van der Waals surface area contributed by atoms with Gasteiger partial charge in [-0.15, -0.1) is 0 Å². The van der Waals surface area contributed by atoms with Crippen LogP contribution in [0.1, 0.15) is 65.7 Å². The van der Waals surface area contributed by atoms with E-state index < -0.39 is 0 Å². The first-order valence-corrected chi connectivity index (χ1v) is 9.95. The van der Waals surface area contributed by atoms with E-state index in [0.29, 0.717) is 11.8 Å². The molecule has 0 aliphatic heterocycles. The molecular weight excluding hydrogens is 300 g/mol. The molecule has 0 aromatic rings. The Bertz CT molecular complexity index is 553. The Kier molecular flexibility index (Phi) is 4.06. The molecule has 0 bridgehead atoms. The Balaban J connectivity index is 1.59. The quantitative estimate of drug-likeness (QED) is 0.581. The molecule has 4 aliphatic rings. The fourth-order valence-corrected chi connectivity index (χ4v) is 6.99. The molecule has 0 aromatic heterocycles. The molecule has 3 heteroatoms. The van der Waals surface area contributed by atoms with Crippen molar-refractivity contribution in [3.63, 3.8) is 0 Å². The topological polar surface area (TPSA) is 46.5 Å². The molecule has 8 atom stereocenters. The van der Waals surface area contributed by atoms with Gasteiger partial charge in [0, 0.05) is 13.3 Å². The first kappa shape index (κ1) is 16.6. The van der Waals surface area contributed by atoms with Gasteiger partial charge in [-0.3, -0.25) is 4.79 Å². The monoisotopic (exact) mass is 332 g/mol. The van der Waals surface area contributed by atoms with Gasteiger partial charge in [-0.25, -0.2) is 0 Å². The van der Waals surface area contributed by atoms with Crippen molar-refractivity contribution in [1.29, 1.82) is 0 Å². The molecule has 0 spiro atoms. The first-order valence-electron chi connectivity index (χ1n) is 9.95. The van der Waals surface area contributed by atoms with Crippen molar-refractivity contribution in [2.24, 2.45) is 35.0 Å². The lowest BCUT2D eigenvalue weighted by Gasteiger charge is -2.56. The molecule has 3 fully saturated rings. The average Bonchev–Trinajstić information content (AvgIpc) is 2.91. The van der Waals surface area contributed by atoms with Crippen molar-refractivity contribution < 1.29 is 14.6 Å². The minimum Gasteiger partial charge on any atom is -0.462 e. The van der Waals surface area contributed by atoms with Crippen LogP contribution in [0.2, 0.25) is 0 Å². The SMILES string of the molecule is CC(=O)O[C@H]1CC[C@@]2(C)C(=CCC3C4CC[C@H](O)C4[C@H](C)CC32)C1. The third-order valence-electron chi connectivity index (χ3n) is 8.04. The standard InChI is InChI=1S/C21H32O3/c1-12-10-18-16(17-6-7-19(23)20(12)17)5-4-14-11-15(24-13(2)22)8-9-21(14,18)3/h4,12,15-20,23H,5-11H2,1-3H3/t12-,15+,16?,17?,18?,19+,20?,21+/m1/s1. The van der Waals surface area contributed by atoms with Crippen molar-refractivity contribution in [3.05, 3.63) is 11.6 Å². The van der Waals surface area contributed by atoms with Crippen LogP contribution in [0.4, 0.5) is 0 Å². The third-order valence-corrected chi connectivity index (χ3v) is 8.04.